The van der Waals surface area contributed by atoms with Gasteiger partial charge < -0.3 is 35.0 Å². The standard InChI is InChI=1S/C13H16O8S/c14-5-8-9(15)10(16)11(17)13(21-8)20-7(12(18)19)4-6-2-1-3-22-6/h1-4,8-11,13-17H,5H2,(H,18,19)/t8-,9?,10+,11-,13-/m0/s1. The van der Waals surface area contributed by atoms with Crippen LogP contribution in [0.15, 0.2) is 23.3 Å². The van der Waals surface area contributed by atoms with Crippen LogP contribution in [0, 0.1) is 0 Å². The molecule has 0 bridgehead atoms. The van der Waals surface area contributed by atoms with Crippen molar-refractivity contribution in [2.45, 2.75) is 30.7 Å². The van der Waals surface area contributed by atoms with Crippen LogP contribution in [0.4, 0.5) is 0 Å². The van der Waals surface area contributed by atoms with Crippen molar-refractivity contribution >= 4 is 23.4 Å². The van der Waals surface area contributed by atoms with Gasteiger partial charge in [0, 0.05) is 11.0 Å². The van der Waals surface area contributed by atoms with Crippen LogP contribution >= 0.6 is 11.3 Å². The van der Waals surface area contributed by atoms with Gasteiger partial charge in [-0.1, -0.05) is 6.07 Å². The Morgan fingerprint density at radius 1 is 1.32 bits per heavy atom. The molecule has 1 aliphatic heterocycles. The molecule has 2 rings (SSSR count). The molecule has 122 valence electrons. The third-order valence-corrected chi connectivity index (χ3v) is 3.94. The third-order valence-electron chi connectivity index (χ3n) is 3.12. The van der Waals surface area contributed by atoms with Gasteiger partial charge >= 0.3 is 5.97 Å². The van der Waals surface area contributed by atoms with Crippen molar-refractivity contribution in [2.24, 2.45) is 0 Å². The Balaban J connectivity index is 2.17. The molecule has 0 aromatic carbocycles. The Hall–Kier alpha value is -1.49. The second kappa shape index (κ2) is 7.18. The zero-order chi connectivity index (χ0) is 16.3. The van der Waals surface area contributed by atoms with Gasteiger partial charge in [0.2, 0.25) is 12.0 Å². The summed E-state index contributed by atoms with van der Waals surface area (Å²) in [5.41, 5.74) is 0. The summed E-state index contributed by atoms with van der Waals surface area (Å²) in [5.74, 6) is -1.88. The first kappa shape index (κ1) is 16.9. The summed E-state index contributed by atoms with van der Waals surface area (Å²) in [6.07, 6.45) is -6.28. The molecular weight excluding hydrogens is 316 g/mol. The van der Waals surface area contributed by atoms with Crippen LogP contribution in [0.3, 0.4) is 0 Å². The van der Waals surface area contributed by atoms with Crippen LogP contribution in [0.1, 0.15) is 4.88 Å². The van der Waals surface area contributed by atoms with Gasteiger partial charge in [-0.3, -0.25) is 0 Å². The van der Waals surface area contributed by atoms with Crippen molar-refractivity contribution in [2.75, 3.05) is 6.61 Å². The van der Waals surface area contributed by atoms with Gasteiger partial charge in [0.25, 0.3) is 0 Å². The molecule has 22 heavy (non-hydrogen) atoms. The quantitative estimate of drug-likeness (QED) is 0.342. The molecule has 1 saturated heterocycles. The van der Waals surface area contributed by atoms with E-state index in [0.29, 0.717) is 4.88 Å². The molecule has 1 aromatic heterocycles. The lowest BCUT2D eigenvalue weighted by Gasteiger charge is -2.39. The molecule has 0 saturated carbocycles. The van der Waals surface area contributed by atoms with Gasteiger partial charge in [0.05, 0.1) is 6.61 Å². The van der Waals surface area contributed by atoms with E-state index in [0.717, 1.165) is 0 Å². The van der Waals surface area contributed by atoms with E-state index in [1.165, 1.54) is 17.4 Å². The maximum absolute atomic E-state index is 11.2. The molecule has 0 radical (unpaired) electrons. The van der Waals surface area contributed by atoms with E-state index >= 15 is 0 Å². The SMILES string of the molecule is O=C(O)C(=Cc1cccs1)O[C@H]1O[C@@H](CO)C(O)[C@@H](O)[C@@H]1O. The van der Waals surface area contributed by atoms with Gasteiger partial charge in [0.1, 0.15) is 24.4 Å². The van der Waals surface area contributed by atoms with Crippen molar-refractivity contribution in [3.8, 4) is 0 Å². The normalized spacial score (nSPS) is 32.7. The summed E-state index contributed by atoms with van der Waals surface area (Å²) in [5, 5.41) is 49.1. The van der Waals surface area contributed by atoms with E-state index < -0.39 is 49.0 Å². The topological polar surface area (TPSA) is 137 Å². The molecule has 8 nitrogen and oxygen atoms in total. The molecule has 1 aromatic rings. The summed E-state index contributed by atoms with van der Waals surface area (Å²) in [7, 11) is 0. The third kappa shape index (κ3) is 3.64. The first-order chi connectivity index (χ1) is 10.4. The Labute approximate surface area is 129 Å². The number of carbonyl (C=O) groups is 1. The molecule has 2 heterocycles. The van der Waals surface area contributed by atoms with Crippen LogP contribution < -0.4 is 0 Å². The molecule has 1 aliphatic rings. The van der Waals surface area contributed by atoms with E-state index in [9.17, 15) is 20.1 Å². The number of aliphatic hydroxyl groups is 4. The molecule has 1 fully saturated rings. The number of aliphatic carboxylic acids is 1. The zero-order valence-corrected chi connectivity index (χ0v) is 12.1. The molecule has 9 heteroatoms. The highest BCUT2D eigenvalue weighted by Gasteiger charge is 2.45. The van der Waals surface area contributed by atoms with Crippen molar-refractivity contribution < 1.29 is 39.8 Å². The highest BCUT2D eigenvalue weighted by Crippen LogP contribution is 2.25. The number of aliphatic hydroxyl groups excluding tert-OH is 4. The first-order valence-electron chi connectivity index (χ1n) is 6.39. The Bertz CT molecular complexity index is 526. The number of ether oxygens (including phenoxy) is 2. The fraction of sp³-hybridized carbons (Fsp3) is 0.462. The van der Waals surface area contributed by atoms with Crippen LogP contribution in [0.5, 0.6) is 0 Å². The second-order valence-corrected chi connectivity index (χ2v) is 5.62. The fourth-order valence-corrected chi connectivity index (χ4v) is 2.59. The summed E-state index contributed by atoms with van der Waals surface area (Å²) >= 11 is 1.29. The minimum atomic E-state index is -1.66. The van der Waals surface area contributed by atoms with Gasteiger partial charge in [0.15, 0.2) is 0 Å². The average molecular weight is 332 g/mol. The van der Waals surface area contributed by atoms with Crippen molar-refractivity contribution in [3.05, 3.63) is 28.1 Å². The van der Waals surface area contributed by atoms with Crippen LogP contribution in [-0.4, -0.2) is 68.8 Å². The lowest BCUT2D eigenvalue weighted by atomic mass is 9.99. The van der Waals surface area contributed by atoms with Gasteiger partial charge in [-0.2, -0.15) is 0 Å². The predicted molar refractivity (Wildman–Crippen MR) is 74.8 cm³/mol. The number of carboxylic acid groups (broad SMARTS) is 1. The molecule has 5 atom stereocenters. The van der Waals surface area contributed by atoms with E-state index in [1.54, 1.807) is 17.5 Å². The lowest BCUT2D eigenvalue weighted by Crippen LogP contribution is -2.59. The summed E-state index contributed by atoms with van der Waals surface area (Å²) < 4.78 is 10.2. The number of hydrogen-bond acceptors (Lipinski definition) is 8. The van der Waals surface area contributed by atoms with Crippen molar-refractivity contribution in [3.63, 3.8) is 0 Å². The summed E-state index contributed by atoms with van der Waals surface area (Å²) in [6, 6.07) is 3.40. The van der Waals surface area contributed by atoms with Crippen LogP contribution in [-0.2, 0) is 14.3 Å². The molecule has 0 amide bonds. The van der Waals surface area contributed by atoms with Gasteiger partial charge in [-0.15, -0.1) is 11.3 Å². The van der Waals surface area contributed by atoms with Gasteiger partial charge in [-0.25, -0.2) is 4.79 Å². The maximum Gasteiger partial charge on any atom is 0.371 e. The Morgan fingerprint density at radius 3 is 2.59 bits per heavy atom. The zero-order valence-electron chi connectivity index (χ0n) is 11.3. The van der Waals surface area contributed by atoms with E-state index in [1.807, 2.05) is 0 Å². The maximum atomic E-state index is 11.2. The smallest absolute Gasteiger partial charge is 0.371 e. The van der Waals surface area contributed by atoms with Crippen LogP contribution in [0.25, 0.3) is 6.08 Å². The monoisotopic (exact) mass is 332 g/mol. The average Bonchev–Trinajstić information content (AvgIpc) is 2.99. The molecule has 0 aliphatic carbocycles. The largest absolute Gasteiger partial charge is 0.475 e. The molecule has 0 spiro atoms. The molecule has 5 N–H and O–H groups in total. The Morgan fingerprint density at radius 2 is 2.05 bits per heavy atom. The van der Waals surface area contributed by atoms with E-state index in [2.05, 4.69) is 0 Å². The number of rotatable bonds is 5. The van der Waals surface area contributed by atoms with Crippen LogP contribution in [0.2, 0.25) is 0 Å². The number of hydrogen-bond donors (Lipinski definition) is 5. The molecular formula is C13H16O8S. The predicted octanol–water partition coefficient (Wildman–Crippen LogP) is -1.01. The minimum absolute atomic E-state index is 0.494. The number of carboxylic acids is 1. The highest BCUT2D eigenvalue weighted by atomic mass is 32.1. The van der Waals surface area contributed by atoms with E-state index in [-0.39, 0.29) is 0 Å². The highest BCUT2D eigenvalue weighted by molar-refractivity contribution is 7.10. The lowest BCUT2D eigenvalue weighted by molar-refractivity contribution is -0.291. The summed E-state index contributed by atoms with van der Waals surface area (Å²) in [6.45, 7) is -0.623. The first-order valence-corrected chi connectivity index (χ1v) is 7.27. The van der Waals surface area contributed by atoms with Crippen molar-refractivity contribution in [1.29, 1.82) is 0 Å². The van der Waals surface area contributed by atoms with Crippen molar-refractivity contribution in [1.82, 2.24) is 0 Å². The second-order valence-electron chi connectivity index (χ2n) is 4.64. The summed E-state index contributed by atoms with van der Waals surface area (Å²) in [4.78, 5) is 11.8. The minimum Gasteiger partial charge on any atom is -0.475 e. The number of thiophene rings is 1. The van der Waals surface area contributed by atoms with Gasteiger partial charge in [-0.05, 0) is 11.4 Å². The fourth-order valence-electron chi connectivity index (χ4n) is 1.94. The molecule has 1 unspecified atom stereocenters. The van der Waals surface area contributed by atoms with E-state index in [4.69, 9.17) is 19.7 Å². The Kier molecular flexibility index (Phi) is 5.51.